The van der Waals surface area contributed by atoms with Gasteiger partial charge in [0.2, 0.25) is 0 Å². The van der Waals surface area contributed by atoms with Crippen LogP contribution in [0, 0.1) is 4.91 Å². The van der Waals surface area contributed by atoms with Crippen LogP contribution < -0.4 is 0 Å². The Labute approximate surface area is 69.2 Å². The lowest BCUT2D eigenvalue weighted by Crippen LogP contribution is -2.38. The summed E-state index contributed by atoms with van der Waals surface area (Å²) in [5.74, 6) is 0. The second-order valence-corrected chi connectivity index (χ2v) is 3.44. The van der Waals surface area contributed by atoms with Crippen LogP contribution in [-0.4, -0.2) is 28.9 Å². The molecule has 2 unspecified atom stereocenters. The number of nitrogens with zero attached hydrogens (tertiary/aromatic N) is 2. The first-order valence-electron chi connectivity index (χ1n) is 3.10. The monoisotopic (exact) mass is 182 g/mol. The van der Waals surface area contributed by atoms with Gasteiger partial charge in [0.1, 0.15) is 0 Å². The van der Waals surface area contributed by atoms with E-state index >= 15 is 0 Å². The molecule has 3 nitrogen and oxygen atoms in total. The number of nitroso groups, excluding NO2 is 1. The molecule has 5 heteroatoms. The van der Waals surface area contributed by atoms with Crippen LogP contribution in [-0.2, 0) is 0 Å². The van der Waals surface area contributed by atoms with E-state index < -0.39 is 0 Å². The van der Waals surface area contributed by atoms with Gasteiger partial charge in [-0.05, 0) is 6.42 Å². The van der Waals surface area contributed by atoms with E-state index in [1.807, 2.05) is 0 Å². The minimum atomic E-state index is -0.145. The Kier molecular flexibility index (Phi) is 2.74. The fraction of sp³-hybridized carbons (Fsp3) is 1.00. The summed E-state index contributed by atoms with van der Waals surface area (Å²) < 4.78 is 0. The Hall–Kier alpha value is -0.0200. The predicted molar refractivity (Wildman–Crippen MR) is 41.3 cm³/mol. The molecule has 0 saturated carbocycles. The summed E-state index contributed by atoms with van der Waals surface area (Å²) in [7, 11) is 0. The molecule has 0 aliphatic carbocycles. The third kappa shape index (κ3) is 1.73. The van der Waals surface area contributed by atoms with Crippen LogP contribution >= 0.6 is 23.2 Å². The van der Waals surface area contributed by atoms with E-state index in [9.17, 15) is 4.91 Å². The summed E-state index contributed by atoms with van der Waals surface area (Å²) in [5.41, 5.74) is 0. The number of alkyl halides is 2. The fourth-order valence-electron chi connectivity index (χ4n) is 0.934. The van der Waals surface area contributed by atoms with Crippen molar-refractivity contribution in [1.82, 2.24) is 5.01 Å². The number of rotatable bonds is 1. The molecule has 1 saturated heterocycles. The molecule has 0 bridgehead atoms. The van der Waals surface area contributed by atoms with Crippen LogP contribution in [0.2, 0.25) is 0 Å². The van der Waals surface area contributed by atoms with E-state index in [0.29, 0.717) is 13.1 Å². The van der Waals surface area contributed by atoms with Gasteiger partial charge in [-0.15, -0.1) is 28.1 Å². The highest BCUT2D eigenvalue weighted by Crippen LogP contribution is 2.20. The predicted octanol–water partition coefficient (Wildman–Crippen LogP) is 1.59. The van der Waals surface area contributed by atoms with Crippen molar-refractivity contribution < 1.29 is 0 Å². The molecule has 10 heavy (non-hydrogen) atoms. The van der Waals surface area contributed by atoms with Crippen molar-refractivity contribution >= 4 is 23.2 Å². The van der Waals surface area contributed by atoms with Gasteiger partial charge in [-0.25, -0.2) is 0 Å². The highest BCUT2D eigenvalue weighted by Gasteiger charge is 2.25. The highest BCUT2D eigenvalue weighted by atomic mass is 35.5. The van der Waals surface area contributed by atoms with Crippen LogP contribution in [0.5, 0.6) is 0 Å². The molecule has 58 valence electrons. The van der Waals surface area contributed by atoms with Gasteiger partial charge in [-0.3, -0.25) is 5.01 Å². The Morgan fingerprint density at radius 3 is 2.60 bits per heavy atom. The van der Waals surface area contributed by atoms with E-state index in [4.69, 9.17) is 23.2 Å². The van der Waals surface area contributed by atoms with Crippen LogP contribution in [0.1, 0.15) is 6.42 Å². The smallest absolute Gasteiger partial charge is 0.0693 e. The molecule has 0 amide bonds. The largest absolute Gasteiger partial charge is 0.259 e. The van der Waals surface area contributed by atoms with E-state index in [0.717, 1.165) is 6.42 Å². The summed E-state index contributed by atoms with van der Waals surface area (Å²) in [6, 6.07) is 0. The molecule has 0 aromatic carbocycles. The normalized spacial score (nSPS) is 34.0. The Morgan fingerprint density at radius 2 is 2.10 bits per heavy atom. The van der Waals surface area contributed by atoms with Gasteiger partial charge in [-0.1, -0.05) is 0 Å². The van der Waals surface area contributed by atoms with Crippen molar-refractivity contribution in [2.75, 3.05) is 13.1 Å². The first-order valence-corrected chi connectivity index (χ1v) is 3.97. The van der Waals surface area contributed by atoms with Crippen LogP contribution in [0.25, 0.3) is 0 Å². The molecule has 0 aromatic heterocycles. The van der Waals surface area contributed by atoms with Crippen LogP contribution in [0.15, 0.2) is 5.29 Å². The number of hydrogen-bond acceptors (Lipinski definition) is 2. The molecule has 0 N–H and O–H groups in total. The lowest BCUT2D eigenvalue weighted by atomic mass is 10.1. The molecule has 1 aliphatic heterocycles. The Bertz CT molecular complexity index is 133. The maximum absolute atomic E-state index is 9.99. The summed E-state index contributed by atoms with van der Waals surface area (Å²) in [4.78, 5) is 9.99. The SMILES string of the molecule is O=NN1CCC(Cl)C(Cl)C1. The second-order valence-electron chi connectivity index (χ2n) is 2.31. The first-order chi connectivity index (χ1) is 4.74. The summed E-state index contributed by atoms with van der Waals surface area (Å²) in [5, 5.41) is 4.01. The van der Waals surface area contributed by atoms with E-state index in [2.05, 4.69) is 5.29 Å². The minimum Gasteiger partial charge on any atom is -0.259 e. The Balaban J connectivity index is 2.40. The van der Waals surface area contributed by atoms with Gasteiger partial charge >= 0.3 is 0 Å². The lowest BCUT2D eigenvalue weighted by molar-refractivity contribution is 0.242. The number of piperidine rings is 1. The third-order valence-electron chi connectivity index (χ3n) is 1.56. The van der Waals surface area contributed by atoms with Crippen molar-refractivity contribution in [2.45, 2.75) is 17.2 Å². The summed E-state index contributed by atoms with van der Waals surface area (Å²) in [6.07, 6.45) is 0.738. The topological polar surface area (TPSA) is 32.7 Å². The zero-order valence-corrected chi connectivity index (χ0v) is 6.85. The maximum Gasteiger partial charge on any atom is 0.0693 e. The van der Waals surface area contributed by atoms with Crippen molar-refractivity contribution in [1.29, 1.82) is 0 Å². The maximum atomic E-state index is 9.99. The number of halogens is 2. The molecular formula is C5H8Cl2N2O. The molecule has 0 aromatic rings. The van der Waals surface area contributed by atoms with Crippen molar-refractivity contribution in [2.24, 2.45) is 5.29 Å². The molecule has 1 heterocycles. The summed E-state index contributed by atoms with van der Waals surface area (Å²) in [6.45, 7) is 1.10. The number of hydrogen-bond donors (Lipinski definition) is 0. The van der Waals surface area contributed by atoms with Crippen molar-refractivity contribution in [3.8, 4) is 0 Å². The molecule has 0 radical (unpaired) electrons. The average molecular weight is 183 g/mol. The van der Waals surface area contributed by atoms with E-state index in [1.165, 1.54) is 5.01 Å². The average Bonchev–Trinajstić information content (AvgIpc) is 1.95. The highest BCUT2D eigenvalue weighted by molar-refractivity contribution is 6.30. The lowest BCUT2D eigenvalue weighted by Gasteiger charge is -2.27. The minimum absolute atomic E-state index is 0.0142. The van der Waals surface area contributed by atoms with E-state index in [-0.39, 0.29) is 10.8 Å². The van der Waals surface area contributed by atoms with Crippen LogP contribution in [0.3, 0.4) is 0 Å². The Morgan fingerprint density at radius 1 is 1.40 bits per heavy atom. The van der Waals surface area contributed by atoms with Gasteiger partial charge < -0.3 is 0 Å². The second kappa shape index (κ2) is 3.39. The summed E-state index contributed by atoms with van der Waals surface area (Å²) >= 11 is 11.6. The van der Waals surface area contributed by atoms with Crippen molar-refractivity contribution in [3.63, 3.8) is 0 Å². The first kappa shape index (κ1) is 8.08. The van der Waals surface area contributed by atoms with Gasteiger partial charge in [0, 0.05) is 6.54 Å². The zero-order chi connectivity index (χ0) is 7.56. The molecule has 2 atom stereocenters. The van der Waals surface area contributed by atoms with Gasteiger partial charge in [-0.2, -0.15) is 0 Å². The zero-order valence-electron chi connectivity index (χ0n) is 5.33. The fourth-order valence-corrected chi connectivity index (χ4v) is 1.40. The molecule has 1 aliphatic rings. The quantitative estimate of drug-likeness (QED) is 0.456. The van der Waals surface area contributed by atoms with Gasteiger partial charge in [0.15, 0.2) is 0 Å². The van der Waals surface area contributed by atoms with E-state index in [1.54, 1.807) is 0 Å². The molecular weight excluding hydrogens is 175 g/mol. The third-order valence-corrected chi connectivity index (χ3v) is 2.65. The van der Waals surface area contributed by atoms with Gasteiger partial charge in [0.25, 0.3) is 0 Å². The van der Waals surface area contributed by atoms with Crippen LogP contribution in [0.4, 0.5) is 0 Å². The molecule has 1 rings (SSSR count). The van der Waals surface area contributed by atoms with Crippen molar-refractivity contribution in [3.05, 3.63) is 4.91 Å². The molecule has 0 spiro atoms. The molecule has 1 fully saturated rings. The standard InChI is InChI=1S/C5H8Cl2N2O/c6-4-1-2-9(8-10)3-5(4)7/h4-5H,1-3H2. The van der Waals surface area contributed by atoms with Gasteiger partial charge in [0.05, 0.1) is 22.6 Å².